The molecule has 0 saturated heterocycles. The molecule has 0 aliphatic carbocycles. The van der Waals surface area contributed by atoms with Gasteiger partial charge in [-0.1, -0.05) is 24.6 Å². The summed E-state index contributed by atoms with van der Waals surface area (Å²) < 4.78 is 27.1. The van der Waals surface area contributed by atoms with Gasteiger partial charge in [0.15, 0.2) is 11.6 Å². The number of thiophene rings is 1. The van der Waals surface area contributed by atoms with Gasteiger partial charge in [-0.05, 0) is 55.6 Å². The number of halogens is 3. The van der Waals surface area contributed by atoms with Crippen LogP contribution in [0.15, 0.2) is 24.3 Å². The van der Waals surface area contributed by atoms with E-state index in [4.69, 9.17) is 11.6 Å². The molecule has 0 bridgehead atoms. The van der Waals surface area contributed by atoms with Gasteiger partial charge in [0.1, 0.15) is 0 Å². The van der Waals surface area contributed by atoms with E-state index in [9.17, 15) is 8.78 Å². The Morgan fingerprint density at radius 3 is 2.57 bits per heavy atom. The van der Waals surface area contributed by atoms with E-state index in [-0.39, 0.29) is 6.04 Å². The van der Waals surface area contributed by atoms with E-state index in [1.54, 1.807) is 6.07 Å². The third-order valence-electron chi connectivity index (χ3n) is 3.28. The summed E-state index contributed by atoms with van der Waals surface area (Å²) in [5, 5.41) is 3.44. The average molecular weight is 330 g/mol. The number of hydrogen-bond acceptors (Lipinski definition) is 2. The smallest absolute Gasteiger partial charge is 0.159 e. The Bertz CT molecular complexity index is 593. The highest BCUT2D eigenvalue weighted by atomic mass is 35.5. The van der Waals surface area contributed by atoms with Crippen LogP contribution in [0.3, 0.4) is 0 Å². The lowest BCUT2D eigenvalue weighted by Gasteiger charge is -2.17. The van der Waals surface area contributed by atoms with Gasteiger partial charge in [-0.3, -0.25) is 0 Å². The van der Waals surface area contributed by atoms with Gasteiger partial charge >= 0.3 is 0 Å². The summed E-state index contributed by atoms with van der Waals surface area (Å²) in [6.07, 6.45) is 1.61. The second kappa shape index (κ2) is 7.34. The molecule has 0 spiro atoms. The van der Waals surface area contributed by atoms with Crippen LogP contribution in [0.5, 0.6) is 0 Å². The second-order valence-electron chi connectivity index (χ2n) is 5.06. The Morgan fingerprint density at radius 1 is 1.24 bits per heavy atom. The fourth-order valence-electron chi connectivity index (χ4n) is 2.15. The van der Waals surface area contributed by atoms with Crippen molar-refractivity contribution in [3.8, 4) is 0 Å². The third kappa shape index (κ3) is 4.25. The largest absolute Gasteiger partial charge is 0.309 e. The Hall–Kier alpha value is -0.970. The van der Waals surface area contributed by atoms with Gasteiger partial charge in [0.05, 0.1) is 4.34 Å². The van der Waals surface area contributed by atoms with Gasteiger partial charge < -0.3 is 5.32 Å². The van der Waals surface area contributed by atoms with E-state index in [1.165, 1.54) is 23.5 Å². The van der Waals surface area contributed by atoms with Gasteiger partial charge in [0.25, 0.3) is 0 Å². The van der Waals surface area contributed by atoms with E-state index < -0.39 is 11.6 Å². The molecule has 1 aromatic heterocycles. The highest BCUT2D eigenvalue weighted by Gasteiger charge is 2.16. The molecule has 2 aromatic rings. The lowest BCUT2D eigenvalue weighted by atomic mass is 10.0. The normalized spacial score (nSPS) is 12.6. The zero-order valence-corrected chi connectivity index (χ0v) is 13.6. The summed E-state index contributed by atoms with van der Waals surface area (Å²) in [4.78, 5) is 1.12. The van der Waals surface area contributed by atoms with Crippen LogP contribution in [0.25, 0.3) is 0 Å². The highest BCUT2D eigenvalue weighted by molar-refractivity contribution is 7.16. The summed E-state index contributed by atoms with van der Waals surface area (Å²) in [6, 6.07) is 6.18. The molecule has 2 rings (SSSR count). The molecule has 0 aliphatic rings. The van der Waals surface area contributed by atoms with E-state index in [0.29, 0.717) is 6.42 Å². The zero-order valence-electron chi connectivity index (χ0n) is 12.1. The molecule has 1 heterocycles. The molecule has 0 radical (unpaired) electrons. The molecule has 1 nitrogen and oxygen atoms in total. The fourth-order valence-corrected chi connectivity index (χ4v) is 3.44. The van der Waals surface area contributed by atoms with Crippen LogP contribution < -0.4 is 5.32 Å². The highest BCUT2D eigenvalue weighted by Crippen LogP contribution is 2.32. The van der Waals surface area contributed by atoms with Crippen molar-refractivity contribution >= 4 is 22.9 Å². The Kier molecular flexibility index (Phi) is 5.73. The summed E-state index contributed by atoms with van der Waals surface area (Å²) >= 11 is 7.67. The summed E-state index contributed by atoms with van der Waals surface area (Å²) in [7, 11) is 0. The minimum atomic E-state index is -0.813. The summed E-state index contributed by atoms with van der Waals surface area (Å²) in [5.74, 6) is -1.62. The predicted octanol–water partition coefficient (Wildman–Crippen LogP) is 5.27. The SMILES string of the molecule is CCCNC(Cc1ccc(F)c(F)c1)c1cc(C)c(Cl)s1. The predicted molar refractivity (Wildman–Crippen MR) is 85.2 cm³/mol. The van der Waals surface area contributed by atoms with Crippen molar-refractivity contribution in [1.82, 2.24) is 5.32 Å². The van der Waals surface area contributed by atoms with Crippen LogP contribution in [-0.2, 0) is 6.42 Å². The molecule has 1 unspecified atom stereocenters. The van der Waals surface area contributed by atoms with Gasteiger partial charge in [0, 0.05) is 10.9 Å². The van der Waals surface area contributed by atoms with E-state index >= 15 is 0 Å². The van der Waals surface area contributed by atoms with Crippen molar-refractivity contribution in [2.45, 2.75) is 32.7 Å². The van der Waals surface area contributed by atoms with Crippen LogP contribution in [0, 0.1) is 18.6 Å². The molecule has 0 aliphatic heterocycles. The van der Waals surface area contributed by atoms with Crippen LogP contribution in [0.4, 0.5) is 8.78 Å². The van der Waals surface area contributed by atoms with Crippen molar-refractivity contribution < 1.29 is 8.78 Å². The number of aryl methyl sites for hydroxylation is 1. The van der Waals surface area contributed by atoms with Gasteiger partial charge in [-0.15, -0.1) is 11.3 Å². The van der Waals surface area contributed by atoms with Crippen LogP contribution in [0.2, 0.25) is 4.34 Å². The maximum atomic E-state index is 13.3. The Labute approximate surface area is 133 Å². The molecule has 1 N–H and O–H groups in total. The van der Waals surface area contributed by atoms with Gasteiger partial charge in [-0.2, -0.15) is 0 Å². The molecular formula is C16H18ClF2NS. The zero-order chi connectivity index (χ0) is 15.4. The van der Waals surface area contributed by atoms with Crippen molar-refractivity contribution in [3.63, 3.8) is 0 Å². The third-order valence-corrected chi connectivity index (χ3v) is 4.95. The number of hydrogen-bond donors (Lipinski definition) is 1. The average Bonchev–Trinajstić information content (AvgIpc) is 2.78. The molecule has 0 fully saturated rings. The Balaban J connectivity index is 2.21. The summed E-state index contributed by atoms with van der Waals surface area (Å²) in [5.41, 5.74) is 1.81. The number of nitrogens with one attached hydrogen (secondary N) is 1. The van der Waals surface area contributed by atoms with Crippen molar-refractivity contribution in [3.05, 3.63) is 56.2 Å². The fraction of sp³-hybridized carbons (Fsp3) is 0.375. The molecular weight excluding hydrogens is 312 g/mol. The van der Waals surface area contributed by atoms with Gasteiger partial charge in [-0.25, -0.2) is 8.78 Å². The Morgan fingerprint density at radius 2 is 2.00 bits per heavy atom. The summed E-state index contributed by atoms with van der Waals surface area (Å²) in [6.45, 7) is 4.92. The molecule has 1 aromatic carbocycles. The molecule has 1 atom stereocenters. The standard InChI is InChI=1S/C16H18ClF2NS/c1-3-6-20-14(15-7-10(2)16(17)21-15)9-11-4-5-12(18)13(19)8-11/h4-5,7-8,14,20H,3,6,9H2,1-2H3. The maximum absolute atomic E-state index is 13.3. The minimum absolute atomic E-state index is 0.0611. The van der Waals surface area contributed by atoms with E-state index in [2.05, 4.69) is 18.3 Å². The number of benzene rings is 1. The molecule has 0 saturated carbocycles. The first-order chi connectivity index (χ1) is 10.0. The maximum Gasteiger partial charge on any atom is 0.159 e. The minimum Gasteiger partial charge on any atom is -0.309 e. The first-order valence-electron chi connectivity index (χ1n) is 6.94. The molecule has 0 amide bonds. The second-order valence-corrected chi connectivity index (χ2v) is 6.75. The van der Waals surface area contributed by atoms with Crippen molar-refractivity contribution in [2.24, 2.45) is 0 Å². The molecule has 114 valence electrons. The van der Waals surface area contributed by atoms with Crippen molar-refractivity contribution in [2.75, 3.05) is 6.54 Å². The first-order valence-corrected chi connectivity index (χ1v) is 8.13. The lowest BCUT2D eigenvalue weighted by Crippen LogP contribution is -2.23. The van der Waals surface area contributed by atoms with Crippen LogP contribution in [0.1, 0.15) is 35.4 Å². The first kappa shape index (κ1) is 16.4. The van der Waals surface area contributed by atoms with Gasteiger partial charge in [0.2, 0.25) is 0 Å². The van der Waals surface area contributed by atoms with E-state index in [0.717, 1.165) is 33.3 Å². The van der Waals surface area contributed by atoms with Crippen molar-refractivity contribution in [1.29, 1.82) is 0 Å². The van der Waals surface area contributed by atoms with Crippen LogP contribution in [-0.4, -0.2) is 6.54 Å². The quantitative estimate of drug-likeness (QED) is 0.761. The monoisotopic (exact) mass is 329 g/mol. The van der Waals surface area contributed by atoms with E-state index in [1.807, 2.05) is 6.92 Å². The molecule has 21 heavy (non-hydrogen) atoms. The molecule has 5 heteroatoms. The topological polar surface area (TPSA) is 12.0 Å². The van der Waals surface area contributed by atoms with Crippen LogP contribution >= 0.6 is 22.9 Å². The lowest BCUT2D eigenvalue weighted by molar-refractivity contribution is 0.501. The number of rotatable bonds is 6.